The Hall–Kier alpha value is -3.28. The van der Waals surface area contributed by atoms with Crippen LogP contribution in [0, 0.1) is 13.8 Å². The summed E-state index contributed by atoms with van der Waals surface area (Å²) in [6.45, 7) is 8.68. The molecule has 2 N–H and O–H groups in total. The maximum Gasteiger partial charge on any atom is 0.231 e. The number of fused-ring (bicyclic) bond motifs is 1. The van der Waals surface area contributed by atoms with Gasteiger partial charge in [0, 0.05) is 29.2 Å². The summed E-state index contributed by atoms with van der Waals surface area (Å²) in [7, 11) is 0. The number of anilines is 4. The van der Waals surface area contributed by atoms with Gasteiger partial charge in [0.15, 0.2) is 11.5 Å². The van der Waals surface area contributed by atoms with Crippen LogP contribution in [0.4, 0.5) is 23.1 Å². The van der Waals surface area contributed by atoms with Gasteiger partial charge in [0.25, 0.3) is 0 Å². The largest absolute Gasteiger partial charge is 0.454 e. The summed E-state index contributed by atoms with van der Waals surface area (Å²) in [6.07, 6.45) is 0. The van der Waals surface area contributed by atoms with E-state index >= 15 is 0 Å². The van der Waals surface area contributed by atoms with Crippen molar-refractivity contribution in [2.75, 3.05) is 17.4 Å². The van der Waals surface area contributed by atoms with E-state index in [2.05, 4.69) is 59.6 Å². The highest BCUT2D eigenvalue weighted by molar-refractivity contribution is 5.66. The van der Waals surface area contributed by atoms with Crippen molar-refractivity contribution in [1.82, 2.24) is 9.97 Å². The molecule has 3 aromatic rings. The molecular formula is C22H24N4O2. The number of para-hydroxylation sites is 1. The Morgan fingerprint density at radius 3 is 2.57 bits per heavy atom. The molecule has 0 radical (unpaired) electrons. The van der Waals surface area contributed by atoms with Crippen molar-refractivity contribution in [1.29, 1.82) is 0 Å². The van der Waals surface area contributed by atoms with E-state index in [1.54, 1.807) is 0 Å². The van der Waals surface area contributed by atoms with Gasteiger partial charge in [-0.1, -0.05) is 32.0 Å². The lowest BCUT2D eigenvalue weighted by atomic mass is 9.98. The van der Waals surface area contributed by atoms with Crippen LogP contribution >= 0.6 is 0 Å². The minimum absolute atomic E-state index is 0.258. The van der Waals surface area contributed by atoms with Crippen LogP contribution in [0.15, 0.2) is 42.5 Å². The first-order valence-electron chi connectivity index (χ1n) is 9.38. The Kier molecular flexibility index (Phi) is 4.77. The standard InChI is InChI=1S/C22H24N4O2/c1-13(2)17-7-5-6-14(3)21(17)26-22-23-15(4)10-20(25-22)24-16-8-9-18-19(11-16)28-12-27-18/h5-11,13H,12H2,1-4H3,(H2,23,24,25,26). The summed E-state index contributed by atoms with van der Waals surface area (Å²) in [6, 6.07) is 14.0. The molecule has 0 unspecified atom stereocenters. The SMILES string of the molecule is Cc1cc(Nc2ccc3c(c2)OCO3)nc(Nc2c(C)cccc2C(C)C)n1. The maximum atomic E-state index is 5.44. The van der Waals surface area contributed by atoms with Gasteiger partial charge in [-0.05, 0) is 43.0 Å². The normalized spacial score (nSPS) is 12.3. The first-order valence-corrected chi connectivity index (χ1v) is 9.38. The van der Waals surface area contributed by atoms with Crippen molar-refractivity contribution in [2.45, 2.75) is 33.6 Å². The molecule has 2 aromatic carbocycles. The topological polar surface area (TPSA) is 68.3 Å². The first kappa shape index (κ1) is 18.1. The van der Waals surface area contributed by atoms with E-state index in [1.165, 1.54) is 11.1 Å². The van der Waals surface area contributed by atoms with Gasteiger partial charge in [-0.2, -0.15) is 4.98 Å². The number of aromatic nitrogens is 2. The fourth-order valence-electron chi connectivity index (χ4n) is 3.26. The number of hydrogen-bond donors (Lipinski definition) is 2. The number of nitrogens with one attached hydrogen (secondary N) is 2. The second-order valence-electron chi connectivity index (χ2n) is 7.23. The molecule has 1 aliphatic rings. The highest BCUT2D eigenvalue weighted by atomic mass is 16.7. The van der Waals surface area contributed by atoms with E-state index < -0.39 is 0 Å². The second kappa shape index (κ2) is 7.38. The summed E-state index contributed by atoms with van der Waals surface area (Å²) < 4.78 is 10.8. The third-order valence-corrected chi connectivity index (χ3v) is 4.66. The van der Waals surface area contributed by atoms with Crippen molar-refractivity contribution >= 4 is 23.1 Å². The van der Waals surface area contributed by atoms with Gasteiger partial charge in [-0.15, -0.1) is 0 Å². The molecule has 1 aromatic heterocycles. The van der Waals surface area contributed by atoms with Gasteiger partial charge >= 0.3 is 0 Å². The van der Waals surface area contributed by atoms with Crippen molar-refractivity contribution in [2.24, 2.45) is 0 Å². The van der Waals surface area contributed by atoms with Crippen molar-refractivity contribution in [3.63, 3.8) is 0 Å². The van der Waals surface area contributed by atoms with Crippen LogP contribution in [0.5, 0.6) is 11.5 Å². The zero-order valence-electron chi connectivity index (χ0n) is 16.5. The maximum absolute atomic E-state index is 5.44. The van der Waals surface area contributed by atoms with Crippen LogP contribution in [-0.2, 0) is 0 Å². The Balaban J connectivity index is 1.62. The van der Waals surface area contributed by atoms with Crippen molar-refractivity contribution in [3.05, 3.63) is 59.3 Å². The average molecular weight is 376 g/mol. The first-order chi connectivity index (χ1) is 13.5. The van der Waals surface area contributed by atoms with E-state index in [-0.39, 0.29) is 6.79 Å². The van der Waals surface area contributed by atoms with Gasteiger partial charge in [-0.3, -0.25) is 0 Å². The Labute approximate surface area is 164 Å². The lowest BCUT2D eigenvalue weighted by Crippen LogP contribution is -2.06. The third kappa shape index (κ3) is 3.71. The lowest BCUT2D eigenvalue weighted by molar-refractivity contribution is 0.174. The van der Waals surface area contributed by atoms with Crippen LogP contribution in [-0.4, -0.2) is 16.8 Å². The molecule has 0 amide bonds. The van der Waals surface area contributed by atoms with Gasteiger partial charge in [0.1, 0.15) is 5.82 Å². The molecule has 0 spiro atoms. The molecule has 0 saturated heterocycles. The van der Waals surface area contributed by atoms with E-state index in [0.29, 0.717) is 17.7 Å². The summed E-state index contributed by atoms with van der Waals surface area (Å²) in [5.74, 6) is 3.18. The lowest BCUT2D eigenvalue weighted by Gasteiger charge is -2.17. The number of rotatable bonds is 5. The molecule has 6 nitrogen and oxygen atoms in total. The molecule has 0 fully saturated rings. The molecule has 28 heavy (non-hydrogen) atoms. The van der Waals surface area contributed by atoms with E-state index in [9.17, 15) is 0 Å². The molecule has 4 rings (SSSR count). The van der Waals surface area contributed by atoms with Gasteiger partial charge in [-0.25, -0.2) is 4.98 Å². The minimum Gasteiger partial charge on any atom is -0.454 e. The van der Waals surface area contributed by atoms with Crippen LogP contribution in [0.3, 0.4) is 0 Å². The molecule has 2 heterocycles. The molecular weight excluding hydrogens is 352 g/mol. The summed E-state index contributed by atoms with van der Waals surface area (Å²) in [5, 5.41) is 6.75. The Morgan fingerprint density at radius 2 is 1.75 bits per heavy atom. The van der Waals surface area contributed by atoms with Crippen LogP contribution < -0.4 is 20.1 Å². The molecule has 1 aliphatic heterocycles. The van der Waals surface area contributed by atoms with Gasteiger partial charge in [0.05, 0.1) is 0 Å². The number of nitrogens with zero attached hydrogens (tertiary/aromatic N) is 2. The number of aryl methyl sites for hydroxylation is 2. The fourth-order valence-corrected chi connectivity index (χ4v) is 3.26. The second-order valence-corrected chi connectivity index (χ2v) is 7.23. The van der Waals surface area contributed by atoms with Crippen molar-refractivity contribution in [3.8, 4) is 11.5 Å². The Morgan fingerprint density at radius 1 is 0.929 bits per heavy atom. The smallest absolute Gasteiger partial charge is 0.231 e. The predicted molar refractivity (Wildman–Crippen MR) is 111 cm³/mol. The third-order valence-electron chi connectivity index (χ3n) is 4.66. The molecule has 0 saturated carbocycles. The number of benzene rings is 2. The molecule has 144 valence electrons. The molecule has 0 aliphatic carbocycles. The summed E-state index contributed by atoms with van der Waals surface area (Å²) in [4.78, 5) is 9.22. The van der Waals surface area contributed by atoms with Crippen LogP contribution in [0.25, 0.3) is 0 Å². The highest BCUT2D eigenvalue weighted by Crippen LogP contribution is 2.35. The molecule has 0 atom stereocenters. The van der Waals surface area contributed by atoms with Crippen LogP contribution in [0.1, 0.15) is 36.6 Å². The number of ether oxygens (including phenoxy) is 2. The van der Waals surface area contributed by atoms with E-state index in [1.807, 2.05) is 31.2 Å². The molecule has 6 heteroatoms. The predicted octanol–water partition coefficient (Wildman–Crippen LogP) is 5.43. The quantitative estimate of drug-likeness (QED) is 0.619. The van der Waals surface area contributed by atoms with Gasteiger partial charge in [0.2, 0.25) is 12.7 Å². The summed E-state index contributed by atoms with van der Waals surface area (Å²) >= 11 is 0. The average Bonchev–Trinajstić information content (AvgIpc) is 3.10. The van der Waals surface area contributed by atoms with Gasteiger partial charge < -0.3 is 20.1 Å². The summed E-state index contributed by atoms with van der Waals surface area (Å²) in [5.41, 5.74) is 5.24. The molecule has 0 bridgehead atoms. The highest BCUT2D eigenvalue weighted by Gasteiger charge is 2.14. The minimum atomic E-state index is 0.258. The van der Waals surface area contributed by atoms with E-state index in [0.717, 1.165) is 28.6 Å². The fraction of sp³-hybridized carbons (Fsp3) is 0.273. The monoisotopic (exact) mass is 376 g/mol. The van der Waals surface area contributed by atoms with Crippen molar-refractivity contribution < 1.29 is 9.47 Å². The van der Waals surface area contributed by atoms with E-state index in [4.69, 9.17) is 9.47 Å². The number of hydrogen-bond acceptors (Lipinski definition) is 6. The zero-order chi connectivity index (χ0) is 19.7. The Bertz CT molecular complexity index is 1020. The zero-order valence-corrected chi connectivity index (χ0v) is 16.5. The van der Waals surface area contributed by atoms with Crippen LogP contribution in [0.2, 0.25) is 0 Å².